The second-order valence-corrected chi connectivity index (χ2v) is 5.38. The van der Waals surface area contributed by atoms with Gasteiger partial charge in [0.2, 0.25) is 0 Å². The maximum Gasteiger partial charge on any atom is 0.164 e. The predicted octanol–water partition coefficient (Wildman–Crippen LogP) is 3.29. The van der Waals surface area contributed by atoms with E-state index in [9.17, 15) is 0 Å². The number of methoxy groups -OCH3 is 2. The van der Waals surface area contributed by atoms with Crippen molar-refractivity contribution in [2.75, 3.05) is 27.3 Å². The van der Waals surface area contributed by atoms with Crippen LogP contribution in [0.3, 0.4) is 0 Å². The minimum Gasteiger partial charge on any atom is -0.493 e. The first-order chi connectivity index (χ1) is 10.3. The van der Waals surface area contributed by atoms with Crippen molar-refractivity contribution >= 4 is 0 Å². The van der Waals surface area contributed by atoms with Crippen LogP contribution in [0.25, 0.3) is 0 Å². The van der Waals surface area contributed by atoms with Crippen molar-refractivity contribution in [1.29, 1.82) is 0 Å². The number of hydrogen-bond donors (Lipinski definition) is 0. The second kappa shape index (κ2) is 6.22. The molecule has 1 unspecified atom stereocenters. The van der Waals surface area contributed by atoms with Gasteiger partial charge in [0.25, 0.3) is 0 Å². The van der Waals surface area contributed by atoms with E-state index in [1.165, 1.54) is 5.56 Å². The Morgan fingerprint density at radius 1 is 1.19 bits per heavy atom. The zero-order chi connectivity index (χ0) is 14.7. The number of nitrogens with zero attached hydrogens (tertiary/aromatic N) is 1. The molecule has 0 bridgehead atoms. The average Bonchev–Trinajstić information content (AvgIpc) is 3.18. The van der Waals surface area contributed by atoms with Gasteiger partial charge in [-0.25, -0.2) is 0 Å². The third-order valence-electron chi connectivity index (χ3n) is 4.11. The van der Waals surface area contributed by atoms with Gasteiger partial charge in [0.05, 0.1) is 27.0 Å². The lowest BCUT2D eigenvalue weighted by molar-refractivity contribution is 0.293. The molecule has 0 amide bonds. The van der Waals surface area contributed by atoms with Crippen LogP contribution < -0.4 is 9.47 Å². The summed E-state index contributed by atoms with van der Waals surface area (Å²) in [5.41, 5.74) is 1.23. The summed E-state index contributed by atoms with van der Waals surface area (Å²) < 4.78 is 16.4. The standard InChI is InChI=1S/C17H21NO3/c1-19-16-7-3-6-15(17(16)20-2)13-8-9-18(11-13)12-14-5-4-10-21-14/h3-7,10,13H,8-9,11-12H2,1-2H3. The van der Waals surface area contributed by atoms with E-state index in [0.717, 1.165) is 43.3 Å². The third kappa shape index (κ3) is 2.90. The van der Waals surface area contributed by atoms with Crippen molar-refractivity contribution in [2.45, 2.75) is 18.9 Å². The molecule has 1 atom stereocenters. The Bertz CT molecular complexity index is 580. The maximum absolute atomic E-state index is 5.56. The van der Waals surface area contributed by atoms with Crippen LogP contribution in [0.5, 0.6) is 11.5 Å². The highest BCUT2D eigenvalue weighted by molar-refractivity contribution is 5.48. The molecular weight excluding hydrogens is 266 g/mol. The van der Waals surface area contributed by atoms with Crippen LogP contribution in [0.1, 0.15) is 23.7 Å². The van der Waals surface area contributed by atoms with Crippen LogP contribution in [-0.4, -0.2) is 32.2 Å². The van der Waals surface area contributed by atoms with Gasteiger partial charge in [0.15, 0.2) is 11.5 Å². The Labute approximate surface area is 125 Å². The Balaban J connectivity index is 1.74. The van der Waals surface area contributed by atoms with Crippen LogP contribution >= 0.6 is 0 Å². The smallest absolute Gasteiger partial charge is 0.164 e. The molecule has 2 heterocycles. The number of likely N-dealkylation sites (tertiary alicyclic amines) is 1. The Morgan fingerprint density at radius 2 is 2.10 bits per heavy atom. The normalized spacial score (nSPS) is 18.9. The highest BCUT2D eigenvalue weighted by Gasteiger charge is 2.27. The highest BCUT2D eigenvalue weighted by atomic mass is 16.5. The van der Waals surface area contributed by atoms with E-state index in [1.807, 2.05) is 24.3 Å². The molecular formula is C17H21NO3. The van der Waals surface area contributed by atoms with Crippen molar-refractivity contribution in [1.82, 2.24) is 4.90 Å². The quantitative estimate of drug-likeness (QED) is 0.845. The lowest BCUT2D eigenvalue weighted by Crippen LogP contribution is -2.19. The average molecular weight is 287 g/mol. The van der Waals surface area contributed by atoms with Crippen LogP contribution in [-0.2, 0) is 6.54 Å². The molecule has 21 heavy (non-hydrogen) atoms. The first-order valence-electron chi connectivity index (χ1n) is 7.27. The molecule has 3 rings (SSSR count). The van der Waals surface area contributed by atoms with Gasteiger partial charge in [-0.05, 0) is 31.2 Å². The molecule has 4 nitrogen and oxygen atoms in total. The molecule has 0 spiro atoms. The summed E-state index contributed by atoms with van der Waals surface area (Å²) in [4.78, 5) is 2.42. The largest absolute Gasteiger partial charge is 0.493 e. The second-order valence-electron chi connectivity index (χ2n) is 5.38. The van der Waals surface area contributed by atoms with Crippen molar-refractivity contribution in [3.05, 3.63) is 47.9 Å². The summed E-state index contributed by atoms with van der Waals surface area (Å²) in [7, 11) is 3.39. The summed E-state index contributed by atoms with van der Waals surface area (Å²) in [5.74, 6) is 3.17. The summed E-state index contributed by atoms with van der Waals surface area (Å²) >= 11 is 0. The van der Waals surface area contributed by atoms with Gasteiger partial charge in [-0.2, -0.15) is 0 Å². The van der Waals surface area contributed by atoms with E-state index in [0.29, 0.717) is 5.92 Å². The Hall–Kier alpha value is -1.94. The molecule has 4 heteroatoms. The van der Waals surface area contributed by atoms with Crippen LogP contribution in [0.2, 0.25) is 0 Å². The van der Waals surface area contributed by atoms with E-state index >= 15 is 0 Å². The number of rotatable bonds is 5. The van der Waals surface area contributed by atoms with E-state index in [1.54, 1.807) is 20.5 Å². The zero-order valence-electron chi connectivity index (χ0n) is 12.5. The van der Waals surface area contributed by atoms with Gasteiger partial charge in [0, 0.05) is 18.0 Å². The van der Waals surface area contributed by atoms with Crippen LogP contribution in [0.15, 0.2) is 41.0 Å². The molecule has 2 aromatic rings. The molecule has 1 aliphatic rings. The topological polar surface area (TPSA) is 34.8 Å². The van der Waals surface area contributed by atoms with E-state index < -0.39 is 0 Å². The number of para-hydroxylation sites is 1. The predicted molar refractivity (Wildman–Crippen MR) is 80.9 cm³/mol. The first kappa shape index (κ1) is 14.0. The van der Waals surface area contributed by atoms with Gasteiger partial charge >= 0.3 is 0 Å². The summed E-state index contributed by atoms with van der Waals surface area (Å²) in [6.07, 6.45) is 2.86. The van der Waals surface area contributed by atoms with Crippen LogP contribution in [0, 0.1) is 0 Å². The Morgan fingerprint density at radius 3 is 2.81 bits per heavy atom. The highest BCUT2D eigenvalue weighted by Crippen LogP contribution is 2.39. The fraction of sp³-hybridized carbons (Fsp3) is 0.412. The molecule has 1 aromatic carbocycles. The number of hydrogen-bond acceptors (Lipinski definition) is 4. The van der Waals surface area contributed by atoms with Gasteiger partial charge in [0.1, 0.15) is 5.76 Å². The zero-order valence-corrected chi connectivity index (χ0v) is 12.5. The van der Waals surface area contributed by atoms with Crippen molar-refractivity contribution in [3.63, 3.8) is 0 Å². The number of furan rings is 1. The van der Waals surface area contributed by atoms with Crippen molar-refractivity contribution in [2.24, 2.45) is 0 Å². The Kier molecular flexibility index (Phi) is 4.15. The summed E-state index contributed by atoms with van der Waals surface area (Å²) in [5, 5.41) is 0. The fourth-order valence-electron chi connectivity index (χ4n) is 3.09. The van der Waals surface area contributed by atoms with Crippen LogP contribution in [0.4, 0.5) is 0 Å². The fourth-order valence-corrected chi connectivity index (χ4v) is 3.09. The molecule has 112 valence electrons. The van der Waals surface area contributed by atoms with E-state index in [-0.39, 0.29) is 0 Å². The van der Waals surface area contributed by atoms with Gasteiger partial charge < -0.3 is 13.9 Å². The molecule has 0 radical (unpaired) electrons. The molecule has 1 saturated heterocycles. The molecule has 0 aliphatic carbocycles. The lowest BCUT2D eigenvalue weighted by Gasteiger charge is -2.18. The first-order valence-corrected chi connectivity index (χ1v) is 7.27. The number of ether oxygens (including phenoxy) is 2. The summed E-state index contributed by atoms with van der Waals surface area (Å²) in [6, 6.07) is 10.1. The molecule has 0 N–H and O–H groups in total. The van der Waals surface area contributed by atoms with E-state index in [2.05, 4.69) is 11.0 Å². The van der Waals surface area contributed by atoms with Crippen molar-refractivity contribution in [3.8, 4) is 11.5 Å². The monoisotopic (exact) mass is 287 g/mol. The van der Waals surface area contributed by atoms with Gasteiger partial charge in [-0.3, -0.25) is 4.90 Å². The third-order valence-corrected chi connectivity index (χ3v) is 4.11. The van der Waals surface area contributed by atoms with Gasteiger partial charge in [-0.1, -0.05) is 12.1 Å². The molecule has 1 aromatic heterocycles. The minimum absolute atomic E-state index is 0.477. The maximum atomic E-state index is 5.56. The molecule has 1 fully saturated rings. The lowest BCUT2D eigenvalue weighted by atomic mass is 9.97. The minimum atomic E-state index is 0.477. The molecule has 0 saturated carbocycles. The van der Waals surface area contributed by atoms with Gasteiger partial charge in [-0.15, -0.1) is 0 Å². The summed E-state index contributed by atoms with van der Waals surface area (Å²) in [6.45, 7) is 2.96. The molecule has 1 aliphatic heterocycles. The van der Waals surface area contributed by atoms with E-state index in [4.69, 9.17) is 13.9 Å². The number of benzene rings is 1. The SMILES string of the molecule is COc1cccc(C2CCN(Cc3ccco3)C2)c1OC. The van der Waals surface area contributed by atoms with Crippen molar-refractivity contribution < 1.29 is 13.9 Å².